The van der Waals surface area contributed by atoms with Gasteiger partial charge in [-0.1, -0.05) is 91.9 Å². The van der Waals surface area contributed by atoms with Gasteiger partial charge < -0.3 is 14.4 Å². The van der Waals surface area contributed by atoms with E-state index >= 15 is 0 Å². The lowest BCUT2D eigenvalue weighted by atomic mass is 10.0. The zero-order valence-corrected chi connectivity index (χ0v) is 25.6. The Labute approximate surface area is 260 Å². The van der Waals surface area contributed by atoms with Gasteiger partial charge in [-0.2, -0.15) is 0 Å². The van der Waals surface area contributed by atoms with Gasteiger partial charge >= 0.3 is 5.97 Å². The van der Waals surface area contributed by atoms with Gasteiger partial charge in [-0.25, -0.2) is 4.79 Å². The number of cyclic esters (lactones) is 1. The molecule has 5 aromatic rings. The van der Waals surface area contributed by atoms with Gasteiger partial charge in [0.1, 0.15) is 11.3 Å². The van der Waals surface area contributed by atoms with E-state index in [0.29, 0.717) is 24.4 Å². The monoisotopic (exact) mass is 579 g/mol. The molecule has 220 valence electrons. The molecule has 44 heavy (non-hydrogen) atoms. The fourth-order valence-electron chi connectivity index (χ4n) is 5.60. The van der Waals surface area contributed by atoms with Crippen molar-refractivity contribution in [2.24, 2.45) is 0 Å². The van der Waals surface area contributed by atoms with Crippen molar-refractivity contribution in [2.75, 3.05) is 4.90 Å². The van der Waals surface area contributed by atoms with E-state index in [1.54, 1.807) is 13.8 Å². The first-order valence-corrected chi connectivity index (χ1v) is 15.3. The average molecular weight is 580 g/mol. The van der Waals surface area contributed by atoms with Crippen LogP contribution >= 0.6 is 0 Å². The van der Waals surface area contributed by atoms with Crippen LogP contribution in [-0.2, 0) is 24.2 Å². The molecule has 1 heterocycles. The predicted molar refractivity (Wildman–Crippen MR) is 178 cm³/mol. The molecule has 4 heteroatoms. The quantitative estimate of drug-likeness (QED) is 0.136. The number of rotatable bonds is 8. The van der Waals surface area contributed by atoms with Gasteiger partial charge in [-0.15, -0.1) is 0 Å². The third kappa shape index (κ3) is 6.79. The summed E-state index contributed by atoms with van der Waals surface area (Å²) in [7, 11) is 0. The predicted octanol–water partition coefficient (Wildman–Crippen LogP) is 9.07. The van der Waals surface area contributed by atoms with E-state index in [9.17, 15) is 4.79 Å². The minimum Gasteiger partial charge on any atom is -0.452 e. The average Bonchev–Trinajstić information content (AvgIpc) is 3.03. The lowest BCUT2D eigenvalue weighted by Gasteiger charge is -2.33. The maximum atomic E-state index is 12.9. The Morgan fingerprint density at radius 1 is 0.727 bits per heavy atom. The molecule has 0 aliphatic carbocycles. The van der Waals surface area contributed by atoms with E-state index in [4.69, 9.17) is 9.47 Å². The van der Waals surface area contributed by atoms with Crippen LogP contribution in [0.3, 0.4) is 0 Å². The summed E-state index contributed by atoms with van der Waals surface area (Å²) in [6.45, 7) is 7.02. The topological polar surface area (TPSA) is 38.8 Å². The molecule has 0 atom stereocenters. The van der Waals surface area contributed by atoms with Crippen LogP contribution in [0, 0.1) is 11.8 Å². The van der Waals surface area contributed by atoms with Gasteiger partial charge in [0, 0.05) is 43.8 Å². The molecule has 1 aliphatic heterocycles. The van der Waals surface area contributed by atoms with Gasteiger partial charge in [-0.05, 0) is 82.8 Å². The molecule has 5 aromatic carbocycles. The highest BCUT2D eigenvalue weighted by Gasteiger charge is 2.34. The van der Waals surface area contributed by atoms with Gasteiger partial charge in [0.2, 0.25) is 5.79 Å². The van der Waals surface area contributed by atoms with E-state index in [0.717, 1.165) is 28.8 Å². The minimum absolute atomic E-state index is 0.373. The lowest BCUT2D eigenvalue weighted by Crippen LogP contribution is -2.39. The van der Waals surface area contributed by atoms with Gasteiger partial charge in [0.15, 0.2) is 0 Å². The maximum Gasteiger partial charge on any atom is 0.345 e. The van der Waals surface area contributed by atoms with Crippen LogP contribution in [0.2, 0.25) is 0 Å². The largest absolute Gasteiger partial charge is 0.452 e. The number of benzene rings is 5. The zero-order valence-electron chi connectivity index (χ0n) is 25.6. The van der Waals surface area contributed by atoms with Crippen LogP contribution in [-0.4, -0.2) is 11.8 Å². The smallest absolute Gasteiger partial charge is 0.345 e. The number of hydrogen-bond donors (Lipinski definition) is 0. The summed E-state index contributed by atoms with van der Waals surface area (Å²) in [5.41, 5.74) is 7.08. The first-order chi connectivity index (χ1) is 21.4. The summed E-state index contributed by atoms with van der Waals surface area (Å²) in [6, 6.07) is 37.6. The van der Waals surface area contributed by atoms with E-state index in [1.807, 2.05) is 18.2 Å². The molecule has 0 radical (unpaired) electrons. The zero-order chi connectivity index (χ0) is 30.5. The van der Waals surface area contributed by atoms with Crippen LogP contribution in [0.4, 0.5) is 5.69 Å². The number of aryl methyl sites for hydroxylation is 1. The SMILES string of the molecule is CCCCc1ccc(C#Cc2ccc(CN(Cc3cccc4ccccc34)c3ccc4c(c3)C(=O)OC(C)(C)O4)cc2)cc1. The van der Waals surface area contributed by atoms with E-state index in [1.165, 1.54) is 34.7 Å². The second-order valence-corrected chi connectivity index (χ2v) is 11.8. The summed E-state index contributed by atoms with van der Waals surface area (Å²) >= 11 is 0. The van der Waals surface area contributed by atoms with Crippen LogP contribution in [0.5, 0.6) is 5.75 Å². The standard InChI is InChI=1S/C40H37NO3/c1-4-5-9-29-14-16-30(17-15-29)18-19-31-20-22-32(23-21-31)27-41(28-34-12-8-11-33-10-6-7-13-36(33)34)35-24-25-38-37(26-35)39(42)44-40(2,3)43-38/h6-8,10-17,20-26H,4-5,9,27-28H2,1-3H3. The first-order valence-electron chi connectivity index (χ1n) is 15.3. The van der Waals surface area contributed by atoms with Crippen LogP contribution in [0.15, 0.2) is 109 Å². The fourth-order valence-corrected chi connectivity index (χ4v) is 5.60. The molecule has 0 bridgehead atoms. The van der Waals surface area contributed by atoms with Crippen molar-refractivity contribution in [2.45, 2.75) is 58.9 Å². The third-order valence-electron chi connectivity index (χ3n) is 7.94. The Kier molecular flexibility index (Phi) is 8.39. The van der Waals surface area contributed by atoms with Crippen molar-refractivity contribution in [3.63, 3.8) is 0 Å². The van der Waals surface area contributed by atoms with Crippen molar-refractivity contribution in [1.82, 2.24) is 0 Å². The normalized spacial score (nSPS) is 13.3. The van der Waals surface area contributed by atoms with Crippen molar-refractivity contribution in [1.29, 1.82) is 0 Å². The molecule has 0 saturated heterocycles. The summed E-state index contributed by atoms with van der Waals surface area (Å²) in [5.74, 6) is 5.79. The minimum atomic E-state index is -0.989. The van der Waals surface area contributed by atoms with Gasteiger partial charge in [0.05, 0.1) is 0 Å². The summed E-state index contributed by atoms with van der Waals surface area (Å²) < 4.78 is 11.5. The van der Waals surface area contributed by atoms with E-state index < -0.39 is 5.79 Å². The van der Waals surface area contributed by atoms with Crippen molar-refractivity contribution in [3.05, 3.63) is 143 Å². The summed E-state index contributed by atoms with van der Waals surface area (Å²) in [4.78, 5) is 15.2. The molecule has 0 fully saturated rings. The van der Waals surface area contributed by atoms with Crippen LogP contribution in [0.1, 0.15) is 71.8 Å². The second-order valence-electron chi connectivity index (χ2n) is 11.8. The maximum absolute atomic E-state index is 12.9. The highest BCUT2D eigenvalue weighted by molar-refractivity contribution is 5.95. The number of fused-ring (bicyclic) bond motifs is 2. The molecule has 6 rings (SSSR count). The van der Waals surface area contributed by atoms with E-state index in [2.05, 4.69) is 115 Å². The molecular weight excluding hydrogens is 542 g/mol. The van der Waals surface area contributed by atoms with Crippen molar-refractivity contribution < 1.29 is 14.3 Å². The Morgan fingerprint density at radius 2 is 1.41 bits per heavy atom. The Hall–Kier alpha value is -5.01. The number of ether oxygens (including phenoxy) is 2. The number of anilines is 1. The molecule has 0 N–H and O–H groups in total. The third-order valence-corrected chi connectivity index (χ3v) is 7.94. The van der Waals surface area contributed by atoms with Gasteiger partial charge in [0.25, 0.3) is 0 Å². The Balaban J connectivity index is 1.26. The Morgan fingerprint density at radius 3 is 2.14 bits per heavy atom. The summed E-state index contributed by atoms with van der Waals surface area (Å²) in [6.07, 6.45) is 3.53. The highest BCUT2D eigenvalue weighted by atomic mass is 16.7. The molecule has 0 amide bonds. The molecule has 0 saturated carbocycles. The molecule has 1 aliphatic rings. The lowest BCUT2D eigenvalue weighted by molar-refractivity contribution is -0.127. The van der Waals surface area contributed by atoms with Crippen LogP contribution in [0.25, 0.3) is 10.8 Å². The molecule has 0 unspecified atom stereocenters. The molecule has 4 nitrogen and oxygen atoms in total. The molecule has 0 aromatic heterocycles. The number of unbranched alkanes of at least 4 members (excludes halogenated alkanes) is 1. The number of esters is 1. The molecule has 0 spiro atoms. The molecular formula is C40H37NO3. The van der Waals surface area contributed by atoms with E-state index in [-0.39, 0.29) is 5.97 Å². The summed E-state index contributed by atoms with van der Waals surface area (Å²) in [5, 5.41) is 2.42. The highest BCUT2D eigenvalue weighted by Crippen LogP contribution is 2.35. The van der Waals surface area contributed by atoms with Crippen molar-refractivity contribution >= 4 is 22.4 Å². The second kappa shape index (κ2) is 12.7. The van der Waals surface area contributed by atoms with Crippen molar-refractivity contribution in [3.8, 4) is 17.6 Å². The fraction of sp³-hybridized carbons (Fsp3) is 0.225. The van der Waals surface area contributed by atoms with Gasteiger partial charge in [-0.3, -0.25) is 0 Å². The number of hydrogen-bond acceptors (Lipinski definition) is 4. The number of carbonyl (C=O) groups is 1. The number of nitrogens with zero attached hydrogens (tertiary/aromatic N) is 1. The Bertz CT molecular complexity index is 1840. The number of carbonyl (C=O) groups excluding carboxylic acids is 1. The first kappa shape index (κ1) is 29.1. The van der Waals surface area contributed by atoms with Crippen LogP contribution < -0.4 is 9.64 Å².